The van der Waals surface area contributed by atoms with Gasteiger partial charge in [-0.25, -0.2) is 9.97 Å². The van der Waals surface area contributed by atoms with Gasteiger partial charge in [-0.3, -0.25) is 4.79 Å². The molecular formula is C19H30N4O. The number of fused-ring (bicyclic) bond motifs is 1. The summed E-state index contributed by atoms with van der Waals surface area (Å²) in [6.45, 7) is 7.90. The third-order valence-corrected chi connectivity index (χ3v) is 5.58. The Morgan fingerprint density at radius 1 is 1.33 bits per heavy atom. The van der Waals surface area contributed by atoms with E-state index in [1.165, 1.54) is 11.3 Å². The van der Waals surface area contributed by atoms with Crippen LogP contribution in [0, 0.1) is 5.92 Å². The number of piperidine rings is 1. The van der Waals surface area contributed by atoms with Gasteiger partial charge in [0.2, 0.25) is 5.91 Å². The summed E-state index contributed by atoms with van der Waals surface area (Å²) < 4.78 is 0. The Balaban J connectivity index is 1.72. The lowest BCUT2D eigenvalue weighted by atomic mass is 9.94. The fourth-order valence-electron chi connectivity index (χ4n) is 3.95. The second-order valence-corrected chi connectivity index (χ2v) is 7.32. The molecule has 1 amide bonds. The topological polar surface area (TPSA) is 49.3 Å². The van der Waals surface area contributed by atoms with Gasteiger partial charge >= 0.3 is 0 Å². The van der Waals surface area contributed by atoms with Gasteiger partial charge in [0, 0.05) is 61.9 Å². The zero-order chi connectivity index (χ0) is 17.1. The van der Waals surface area contributed by atoms with E-state index in [4.69, 9.17) is 4.98 Å². The molecule has 1 saturated heterocycles. The molecule has 5 heteroatoms. The minimum absolute atomic E-state index is 0.170. The average molecular weight is 330 g/mol. The molecule has 2 aliphatic heterocycles. The molecular weight excluding hydrogens is 300 g/mol. The maximum absolute atomic E-state index is 12.7. The molecule has 132 valence electrons. The van der Waals surface area contributed by atoms with Gasteiger partial charge in [-0.1, -0.05) is 13.8 Å². The summed E-state index contributed by atoms with van der Waals surface area (Å²) in [4.78, 5) is 26.6. The number of carbonyl (C=O) groups excluding carboxylic acids is 1. The molecule has 24 heavy (non-hydrogen) atoms. The quantitative estimate of drug-likeness (QED) is 0.851. The average Bonchev–Trinajstić information content (AvgIpc) is 2.62. The van der Waals surface area contributed by atoms with Crippen molar-refractivity contribution in [2.45, 2.75) is 58.4 Å². The highest BCUT2D eigenvalue weighted by molar-refractivity contribution is 5.78. The molecule has 0 spiro atoms. The monoisotopic (exact) mass is 330 g/mol. The number of likely N-dealkylation sites (N-methyl/N-ethyl adjacent to an activating group) is 1. The number of amides is 1. The first-order chi connectivity index (χ1) is 11.6. The van der Waals surface area contributed by atoms with E-state index in [9.17, 15) is 4.79 Å². The molecule has 0 aromatic carbocycles. The highest BCUT2D eigenvalue weighted by atomic mass is 16.2. The van der Waals surface area contributed by atoms with Gasteiger partial charge in [0.15, 0.2) is 0 Å². The molecule has 0 bridgehead atoms. The number of likely N-dealkylation sites (tertiary alicyclic amines) is 1. The molecule has 0 N–H and O–H groups in total. The first-order valence-electron chi connectivity index (χ1n) is 9.44. The summed E-state index contributed by atoms with van der Waals surface area (Å²) in [6.07, 6.45) is 7.02. The molecule has 1 aromatic heterocycles. The summed E-state index contributed by atoms with van der Waals surface area (Å²) in [5.41, 5.74) is 2.47. The summed E-state index contributed by atoms with van der Waals surface area (Å²) in [6, 6.07) is 0. The van der Waals surface area contributed by atoms with Crippen LogP contribution in [-0.2, 0) is 17.8 Å². The van der Waals surface area contributed by atoms with Crippen LogP contribution in [0.5, 0.6) is 0 Å². The number of carbonyl (C=O) groups is 1. The highest BCUT2D eigenvalue weighted by Crippen LogP contribution is 2.27. The van der Waals surface area contributed by atoms with E-state index in [-0.39, 0.29) is 5.92 Å². The first-order valence-corrected chi connectivity index (χ1v) is 9.44. The van der Waals surface area contributed by atoms with Gasteiger partial charge in [-0.2, -0.15) is 0 Å². The number of hydrogen-bond acceptors (Lipinski definition) is 4. The van der Waals surface area contributed by atoms with Gasteiger partial charge in [-0.15, -0.1) is 0 Å². The van der Waals surface area contributed by atoms with E-state index in [0.717, 1.165) is 64.1 Å². The van der Waals surface area contributed by atoms with Crippen molar-refractivity contribution >= 4 is 5.91 Å². The fourth-order valence-corrected chi connectivity index (χ4v) is 3.95. The Morgan fingerprint density at radius 3 is 2.88 bits per heavy atom. The van der Waals surface area contributed by atoms with Crippen LogP contribution >= 0.6 is 0 Å². The summed E-state index contributed by atoms with van der Waals surface area (Å²) in [7, 11) is 2.14. The Kier molecular flexibility index (Phi) is 5.49. The molecule has 1 atom stereocenters. The molecule has 0 aliphatic carbocycles. The van der Waals surface area contributed by atoms with Gasteiger partial charge in [0.05, 0.1) is 0 Å². The molecule has 2 aliphatic rings. The van der Waals surface area contributed by atoms with E-state index in [2.05, 4.69) is 35.7 Å². The van der Waals surface area contributed by atoms with Gasteiger partial charge in [0.1, 0.15) is 5.82 Å². The minimum Gasteiger partial charge on any atom is -0.342 e. The second kappa shape index (κ2) is 7.60. The maximum atomic E-state index is 12.7. The van der Waals surface area contributed by atoms with Crippen LogP contribution < -0.4 is 0 Å². The van der Waals surface area contributed by atoms with Crippen LogP contribution in [0.15, 0.2) is 6.20 Å². The zero-order valence-electron chi connectivity index (χ0n) is 15.3. The van der Waals surface area contributed by atoms with Crippen LogP contribution in [0.25, 0.3) is 0 Å². The lowest BCUT2D eigenvalue weighted by Gasteiger charge is -2.34. The van der Waals surface area contributed by atoms with E-state index < -0.39 is 0 Å². The summed E-state index contributed by atoms with van der Waals surface area (Å²) >= 11 is 0. The van der Waals surface area contributed by atoms with E-state index >= 15 is 0 Å². The van der Waals surface area contributed by atoms with Crippen molar-refractivity contribution in [1.29, 1.82) is 0 Å². The third-order valence-electron chi connectivity index (χ3n) is 5.58. The summed E-state index contributed by atoms with van der Waals surface area (Å²) in [5, 5.41) is 0. The van der Waals surface area contributed by atoms with Crippen molar-refractivity contribution in [2.75, 3.05) is 26.7 Å². The van der Waals surface area contributed by atoms with Crippen LogP contribution in [0.2, 0.25) is 0 Å². The third kappa shape index (κ3) is 3.61. The molecule has 1 fully saturated rings. The standard InChI is InChI=1S/C19H30N4O/c1-4-14(5-2)19(24)23-9-6-7-15(13-23)18-20-11-16-12-22(3)10-8-17(16)21-18/h11,14-15H,4-10,12-13H2,1-3H3. The molecule has 3 heterocycles. The van der Waals surface area contributed by atoms with Crippen molar-refractivity contribution in [3.8, 4) is 0 Å². The Morgan fingerprint density at radius 2 is 2.12 bits per heavy atom. The van der Waals surface area contributed by atoms with Crippen molar-refractivity contribution < 1.29 is 4.79 Å². The van der Waals surface area contributed by atoms with Crippen molar-refractivity contribution in [3.05, 3.63) is 23.3 Å². The van der Waals surface area contributed by atoms with Crippen molar-refractivity contribution in [2.24, 2.45) is 5.92 Å². The first kappa shape index (κ1) is 17.3. The fraction of sp³-hybridized carbons (Fsp3) is 0.737. The molecule has 0 saturated carbocycles. The van der Waals surface area contributed by atoms with Crippen molar-refractivity contribution in [1.82, 2.24) is 19.8 Å². The second-order valence-electron chi connectivity index (χ2n) is 7.32. The zero-order valence-corrected chi connectivity index (χ0v) is 15.3. The lowest BCUT2D eigenvalue weighted by Crippen LogP contribution is -2.42. The largest absolute Gasteiger partial charge is 0.342 e. The highest BCUT2D eigenvalue weighted by Gasteiger charge is 2.29. The lowest BCUT2D eigenvalue weighted by molar-refractivity contribution is -0.137. The number of aromatic nitrogens is 2. The normalized spacial score (nSPS) is 21.8. The SMILES string of the molecule is CCC(CC)C(=O)N1CCCC(c2ncc3c(n2)CCN(C)C3)C1. The number of hydrogen-bond donors (Lipinski definition) is 0. The van der Waals surface area contributed by atoms with E-state index in [1.54, 1.807) is 0 Å². The number of rotatable bonds is 4. The van der Waals surface area contributed by atoms with Crippen LogP contribution in [0.3, 0.4) is 0 Å². The van der Waals surface area contributed by atoms with Gasteiger partial charge in [-0.05, 0) is 32.7 Å². The molecule has 3 rings (SSSR count). The predicted octanol–water partition coefficient (Wildman–Crippen LogP) is 2.61. The van der Waals surface area contributed by atoms with E-state index in [1.807, 2.05) is 6.20 Å². The Hall–Kier alpha value is -1.49. The van der Waals surface area contributed by atoms with Crippen LogP contribution in [0.4, 0.5) is 0 Å². The predicted molar refractivity (Wildman–Crippen MR) is 94.7 cm³/mol. The minimum atomic E-state index is 0.170. The number of nitrogens with zero attached hydrogens (tertiary/aromatic N) is 4. The van der Waals surface area contributed by atoms with Crippen LogP contribution in [0.1, 0.15) is 62.5 Å². The smallest absolute Gasteiger partial charge is 0.225 e. The van der Waals surface area contributed by atoms with E-state index in [0.29, 0.717) is 11.8 Å². The Labute approximate surface area is 145 Å². The maximum Gasteiger partial charge on any atom is 0.225 e. The van der Waals surface area contributed by atoms with Crippen LogP contribution in [-0.4, -0.2) is 52.4 Å². The molecule has 1 aromatic rings. The molecule has 0 radical (unpaired) electrons. The summed E-state index contributed by atoms with van der Waals surface area (Å²) in [5.74, 6) is 1.73. The molecule has 5 nitrogen and oxygen atoms in total. The van der Waals surface area contributed by atoms with Gasteiger partial charge in [0.25, 0.3) is 0 Å². The molecule has 1 unspecified atom stereocenters. The van der Waals surface area contributed by atoms with Gasteiger partial charge < -0.3 is 9.80 Å². The Bertz CT molecular complexity index is 585. The van der Waals surface area contributed by atoms with Crippen molar-refractivity contribution in [3.63, 3.8) is 0 Å².